The molecule has 2 aromatic carbocycles. The van der Waals surface area contributed by atoms with E-state index in [1.54, 1.807) is 16.7 Å². The predicted octanol–water partition coefficient (Wildman–Crippen LogP) is 14.0. The van der Waals surface area contributed by atoms with Gasteiger partial charge >= 0.3 is 0 Å². The average molecular weight is 694 g/mol. The van der Waals surface area contributed by atoms with Gasteiger partial charge in [0.05, 0.1) is 0 Å². The van der Waals surface area contributed by atoms with Gasteiger partial charge in [-0.1, -0.05) is 130 Å². The predicted molar refractivity (Wildman–Crippen MR) is 219 cm³/mol. The van der Waals surface area contributed by atoms with Gasteiger partial charge in [0.15, 0.2) is 0 Å². The van der Waals surface area contributed by atoms with Crippen LogP contribution in [0.25, 0.3) is 5.57 Å². The zero-order chi connectivity index (χ0) is 36.1. The number of hydrogen-bond acceptors (Lipinski definition) is 2. The molecule has 4 unspecified atom stereocenters. The van der Waals surface area contributed by atoms with Gasteiger partial charge in [-0.3, -0.25) is 0 Å². The van der Waals surface area contributed by atoms with Crippen LogP contribution in [0.1, 0.15) is 156 Å². The standard InChI is InChI=1S/C47H71NOSi/c1-12-14-27-47(28-15-13-2)42-31-38(49-37-23-21-35(22-24-37)45(4,5)6)25-26-39(42)41-30-34-29-33(3)44(40(34)32-43(41)47)50(10,11)48(46(7,8)9)36-19-17-16-18-20-36/h21-26,30-34,36,40,44H,12-20,27-29H2,1-11H3. The topological polar surface area (TPSA) is 12.5 Å². The number of unbranched alkanes of at least 4 members (excludes halogenated alkanes) is 2. The molecule has 3 heteroatoms. The number of allylic oxidation sites excluding steroid dienone is 4. The quantitative estimate of drug-likeness (QED) is 0.217. The fraction of sp³-hybridized carbons (Fsp3) is 0.660. The minimum Gasteiger partial charge on any atom is -0.457 e. The molecule has 0 heterocycles. The molecule has 2 nitrogen and oxygen atoms in total. The number of hydrogen-bond donors (Lipinski definition) is 0. The van der Waals surface area contributed by atoms with Crippen LogP contribution in [0.4, 0.5) is 0 Å². The third-order valence-corrected chi connectivity index (χ3v) is 18.3. The summed E-state index contributed by atoms with van der Waals surface area (Å²) in [5, 5.41) is 0. The van der Waals surface area contributed by atoms with Gasteiger partial charge in [0.2, 0.25) is 0 Å². The Kier molecular flexibility index (Phi) is 10.8. The first kappa shape index (κ1) is 37.6. The van der Waals surface area contributed by atoms with Crippen LogP contribution in [0, 0.1) is 17.8 Å². The van der Waals surface area contributed by atoms with Crippen LogP contribution in [-0.2, 0) is 10.8 Å². The Morgan fingerprint density at radius 3 is 2.02 bits per heavy atom. The lowest BCUT2D eigenvalue weighted by molar-refractivity contribution is 0.139. The van der Waals surface area contributed by atoms with E-state index in [-0.39, 0.29) is 16.4 Å². The minimum atomic E-state index is -1.84. The number of ether oxygens (including phenoxy) is 1. The molecule has 0 N–H and O–H groups in total. The summed E-state index contributed by atoms with van der Waals surface area (Å²) < 4.78 is 9.81. The third-order valence-electron chi connectivity index (χ3n) is 13.5. The summed E-state index contributed by atoms with van der Waals surface area (Å²) in [4.78, 5) is 0. The summed E-state index contributed by atoms with van der Waals surface area (Å²) >= 11 is 0. The summed E-state index contributed by atoms with van der Waals surface area (Å²) in [5.74, 6) is 3.96. The molecule has 50 heavy (non-hydrogen) atoms. The molecular weight excluding hydrogens is 623 g/mol. The van der Waals surface area contributed by atoms with Crippen molar-refractivity contribution in [2.24, 2.45) is 17.8 Å². The Labute approximate surface area is 308 Å². The normalized spacial score (nSPS) is 25.2. The van der Waals surface area contributed by atoms with Crippen molar-refractivity contribution in [1.82, 2.24) is 4.57 Å². The largest absolute Gasteiger partial charge is 0.457 e. The van der Waals surface area contributed by atoms with E-state index in [4.69, 9.17) is 4.74 Å². The zero-order valence-electron chi connectivity index (χ0n) is 33.9. The molecular formula is C47H71NOSi. The van der Waals surface area contributed by atoms with Gasteiger partial charge in [0, 0.05) is 17.0 Å². The summed E-state index contributed by atoms with van der Waals surface area (Å²) in [7, 11) is -1.84. The molecule has 0 radical (unpaired) electrons. The van der Waals surface area contributed by atoms with Crippen LogP contribution < -0.4 is 4.74 Å². The molecule has 0 aliphatic heterocycles. The van der Waals surface area contributed by atoms with Crippen molar-refractivity contribution >= 4 is 13.8 Å². The molecule has 4 aliphatic carbocycles. The molecule has 2 fully saturated rings. The van der Waals surface area contributed by atoms with Gasteiger partial charge in [0.25, 0.3) is 0 Å². The van der Waals surface area contributed by atoms with E-state index < -0.39 is 8.24 Å². The summed E-state index contributed by atoms with van der Waals surface area (Å²) in [5.41, 5.74) is 8.81. The molecule has 0 aromatic heterocycles. The maximum Gasteiger partial charge on any atom is 0.127 e. The summed E-state index contributed by atoms with van der Waals surface area (Å²) in [6.45, 7) is 27.3. The Bertz CT molecular complexity index is 1530. The number of nitrogens with zero attached hydrogens (tertiary/aromatic N) is 1. The highest BCUT2D eigenvalue weighted by Gasteiger charge is 2.56. The van der Waals surface area contributed by atoms with E-state index in [2.05, 4.69) is 135 Å². The first-order chi connectivity index (χ1) is 23.6. The molecule has 2 aromatic rings. The second-order valence-corrected chi connectivity index (χ2v) is 24.0. The van der Waals surface area contributed by atoms with Crippen molar-refractivity contribution in [2.75, 3.05) is 0 Å². The highest BCUT2D eigenvalue weighted by atomic mass is 28.3. The molecule has 0 bridgehead atoms. The van der Waals surface area contributed by atoms with Crippen molar-refractivity contribution in [3.05, 3.63) is 76.9 Å². The molecule has 0 spiro atoms. The lowest BCUT2D eigenvalue weighted by atomic mass is 9.68. The zero-order valence-corrected chi connectivity index (χ0v) is 34.9. The third kappa shape index (κ3) is 7.01. The lowest BCUT2D eigenvalue weighted by Gasteiger charge is -2.56. The maximum atomic E-state index is 6.65. The fourth-order valence-electron chi connectivity index (χ4n) is 11.7. The number of fused-ring (bicyclic) bond motifs is 4. The second-order valence-electron chi connectivity index (χ2n) is 19.5. The van der Waals surface area contributed by atoms with Crippen LogP contribution in [0.2, 0.25) is 18.6 Å². The summed E-state index contributed by atoms with van der Waals surface area (Å²) in [6, 6.07) is 16.7. The van der Waals surface area contributed by atoms with Gasteiger partial charge in [-0.2, -0.15) is 0 Å². The van der Waals surface area contributed by atoms with Gasteiger partial charge < -0.3 is 9.30 Å². The lowest BCUT2D eigenvalue weighted by Crippen LogP contribution is -2.65. The first-order valence-electron chi connectivity index (χ1n) is 20.8. The van der Waals surface area contributed by atoms with E-state index in [9.17, 15) is 0 Å². The van der Waals surface area contributed by atoms with Gasteiger partial charge in [0.1, 0.15) is 19.7 Å². The van der Waals surface area contributed by atoms with Crippen molar-refractivity contribution in [1.29, 1.82) is 0 Å². The van der Waals surface area contributed by atoms with Crippen molar-refractivity contribution in [3.63, 3.8) is 0 Å². The van der Waals surface area contributed by atoms with Crippen LogP contribution in [0.3, 0.4) is 0 Å². The van der Waals surface area contributed by atoms with E-state index in [1.165, 1.54) is 88.2 Å². The SMILES string of the molecule is CCCCC1(CCCC)C2=CC3C(C=C2c2ccc(Oc4ccc(C(C)(C)C)cc4)cc21)CC(C)C3[Si](C)(C)N(C1CCCCC1)C(C)(C)C. The molecule has 4 atom stereocenters. The molecule has 0 amide bonds. The van der Waals surface area contributed by atoms with Gasteiger partial charge in [-0.25, -0.2) is 0 Å². The molecule has 2 saturated carbocycles. The first-order valence-corrected chi connectivity index (χ1v) is 23.8. The van der Waals surface area contributed by atoms with Crippen LogP contribution >= 0.6 is 0 Å². The molecule has 4 aliphatic rings. The van der Waals surface area contributed by atoms with Crippen LogP contribution in [0.15, 0.2) is 60.2 Å². The Balaban J connectivity index is 1.41. The Morgan fingerprint density at radius 2 is 1.44 bits per heavy atom. The number of rotatable bonds is 11. The van der Waals surface area contributed by atoms with Gasteiger partial charge in [-0.05, 0) is 134 Å². The van der Waals surface area contributed by atoms with Crippen LogP contribution in [0.5, 0.6) is 11.5 Å². The van der Waals surface area contributed by atoms with E-state index in [1.807, 2.05) is 0 Å². The maximum absolute atomic E-state index is 6.65. The smallest absolute Gasteiger partial charge is 0.127 e. The van der Waals surface area contributed by atoms with Gasteiger partial charge in [-0.15, -0.1) is 0 Å². The number of benzene rings is 2. The highest BCUT2D eigenvalue weighted by Crippen LogP contribution is 2.63. The average Bonchev–Trinajstić information content (AvgIpc) is 3.52. The minimum absolute atomic E-state index is 0.0722. The van der Waals surface area contributed by atoms with Crippen molar-refractivity contribution in [2.45, 2.75) is 180 Å². The molecule has 6 rings (SSSR count). The van der Waals surface area contributed by atoms with Crippen LogP contribution in [-0.4, -0.2) is 24.4 Å². The van der Waals surface area contributed by atoms with E-state index in [0.717, 1.165) is 29.0 Å². The van der Waals surface area contributed by atoms with Crippen molar-refractivity contribution < 1.29 is 4.74 Å². The fourth-order valence-corrected chi connectivity index (χ4v) is 17.8. The van der Waals surface area contributed by atoms with Crippen molar-refractivity contribution in [3.8, 4) is 11.5 Å². The van der Waals surface area contributed by atoms with E-state index in [0.29, 0.717) is 11.8 Å². The molecule has 274 valence electrons. The molecule has 0 saturated heterocycles. The second kappa shape index (κ2) is 14.4. The Hall–Kier alpha value is -2.10. The summed E-state index contributed by atoms with van der Waals surface area (Å²) in [6.07, 6.45) is 21.6. The highest BCUT2D eigenvalue weighted by molar-refractivity contribution is 6.76. The monoisotopic (exact) mass is 694 g/mol. The van der Waals surface area contributed by atoms with E-state index >= 15 is 0 Å². The Morgan fingerprint density at radius 1 is 0.820 bits per heavy atom.